The van der Waals surface area contributed by atoms with Crippen LogP contribution in [0.5, 0.6) is 5.75 Å². The fourth-order valence-corrected chi connectivity index (χ4v) is 6.37. The molecule has 1 aromatic heterocycles. The van der Waals surface area contributed by atoms with Gasteiger partial charge in [0, 0.05) is 35.5 Å². The van der Waals surface area contributed by atoms with Crippen LogP contribution >= 0.6 is 0 Å². The second-order valence-electron chi connectivity index (χ2n) is 8.89. The summed E-state index contributed by atoms with van der Waals surface area (Å²) >= 11 is 0. The number of carbonyl (C=O) groups excluding carboxylic acids is 1. The van der Waals surface area contributed by atoms with E-state index < -0.39 is 20.9 Å². The Morgan fingerprint density at radius 2 is 1.97 bits per heavy atom. The lowest BCUT2D eigenvalue weighted by molar-refractivity contribution is -0.384. The van der Waals surface area contributed by atoms with Crippen molar-refractivity contribution in [2.75, 3.05) is 11.1 Å². The molecule has 0 spiro atoms. The predicted octanol–water partition coefficient (Wildman–Crippen LogP) is 4.63. The summed E-state index contributed by atoms with van der Waals surface area (Å²) in [6, 6.07) is 12.3. The normalized spacial score (nSPS) is 20.3. The molecule has 2 atom stereocenters. The zero-order valence-corrected chi connectivity index (χ0v) is 20.0. The number of carbonyl (C=O) groups is 1. The Morgan fingerprint density at radius 3 is 2.75 bits per heavy atom. The Bertz CT molecular complexity index is 1400. The minimum atomic E-state index is -3.25. The van der Waals surface area contributed by atoms with E-state index in [0.717, 1.165) is 23.4 Å². The van der Waals surface area contributed by atoms with Gasteiger partial charge in [-0.15, -0.1) is 0 Å². The van der Waals surface area contributed by atoms with Gasteiger partial charge in [0.05, 0.1) is 15.6 Å². The number of anilines is 2. The van der Waals surface area contributed by atoms with Crippen LogP contribution in [0.3, 0.4) is 0 Å². The molecule has 2 aliphatic rings. The lowest BCUT2D eigenvalue weighted by Crippen LogP contribution is -2.18. The van der Waals surface area contributed by atoms with Crippen molar-refractivity contribution in [3.63, 3.8) is 0 Å². The molecule has 36 heavy (non-hydrogen) atoms. The summed E-state index contributed by atoms with van der Waals surface area (Å²) in [5, 5.41) is 21.3. The van der Waals surface area contributed by atoms with Crippen molar-refractivity contribution >= 4 is 33.2 Å². The number of non-ortho nitro benzene ring substituents is 1. The second kappa shape index (κ2) is 9.61. The number of aromatic nitrogens is 2. The van der Waals surface area contributed by atoms with Gasteiger partial charge in [-0.1, -0.05) is 6.07 Å². The highest BCUT2D eigenvalue weighted by Gasteiger charge is 2.31. The van der Waals surface area contributed by atoms with E-state index in [9.17, 15) is 23.3 Å². The molecule has 0 bridgehead atoms. The van der Waals surface area contributed by atoms with Crippen LogP contribution in [0.15, 0.2) is 53.4 Å². The number of nitro groups is 1. The number of rotatable bonds is 6. The summed E-state index contributed by atoms with van der Waals surface area (Å²) in [6.45, 7) is 0. The Kier molecular flexibility index (Phi) is 6.35. The molecule has 1 saturated carbocycles. The van der Waals surface area contributed by atoms with Crippen molar-refractivity contribution in [2.45, 2.75) is 49.0 Å². The molecule has 1 aliphatic heterocycles. The summed E-state index contributed by atoms with van der Waals surface area (Å²) in [6.07, 6.45) is 2.14. The second-order valence-corrected chi connectivity index (χ2v) is 11.0. The summed E-state index contributed by atoms with van der Waals surface area (Å²) in [5.74, 6) is 1.03. The van der Waals surface area contributed by atoms with E-state index in [0.29, 0.717) is 36.4 Å². The van der Waals surface area contributed by atoms with Crippen molar-refractivity contribution in [2.24, 2.45) is 0 Å². The summed E-state index contributed by atoms with van der Waals surface area (Å²) in [5.41, 5.74) is 2.31. The van der Waals surface area contributed by atoms with Gasteiger partial charge in [0.2, 0.25) is 0 Å². The number of ether oxygens (including phenoxy) is 2. The van der Waals surface area contributed by atoms with E-state index in [1.165, 1.54) is 24.3 Å². The maximum absolute atomic E-state index is 12.4. The average Bonchev–Trinajstić information content (AvgIpc) is 3.49. The number of hydrogen-bond donors (Lipinski definition) is 2. The van der Waals surface area contributed by atoms with E-state index in [2.05, 4.69) is 15.5 Å². The molecule has 0 radical (unpaired) electrons. The van der Waals surface area contributed by atoms with Crippen LogP contribution in [0, 0.1) is 10.1 Å². The predicted molar refractivity (Wildman–Crippen MR) is 129 cm³/mol. The molecule has 188 valence electrons. The first kappa shape index (κ1) is 23.8. The molecule has 1 fully saturated rings. The number of nitro benzene ring substituents is 1. The van der Waals surface area contributed by atoms with Gasteiger partial charge in [0.1, 0.15) is 11.9 Å². The molecule has 0 unspecified atom stereocenters. The Hall–Kier alpha value is -3.93. The number of nitrogens with one attached hydrogen (secondary N) is 2. The third kappa shape index (κ3) is 5.03. The van der Waals surface area contributed by atoms with Crippen molar-refractivity contribution in [1.82, 2.24) is 10.2 Å². The van der Waals surface area contributed by atoms with Crippen LogP contribution in [0.2, 0.25) is 0 Å². The molecule has 1 aliphatic carbocycles. The lowest BCUT2D eigenvalue weighted by atomic mass is 10.0. The first-order valence-electron chi connectivity index (χ1n) is 11.6. The average molecular weight is 513 g/mol. The summed E-state index contributed by atoms with van der Waals surface area (Å²) in [7, 11) is -3.25. The van der Waals surface area contributed by atoms with E-state index in [4.69, 9.17) is 9.47 Å². The molecule has 2 N–H and O–H groups in total. The van der Waals surface area contributed by atoms with Gasteiger partial charge in [-0.05, 0) is 61.9 Å². The highest BCUT2D eigenvalue weighted by Crippen LogP contribution is 2.37. The molecule has 3 aromatic rings. The maximum Gasteiger partial charge on any atom is 0.514 e. The third-order valence-electron chi connectivity index (χ3n) is 6.50. The smallest absolute Gasteiger partial charge is 0.431 e. The lowest BCUT2D eigenvalue weighted by Gasteiger charge is -2.19. The maximum atomic E-state index is 12.4. The molecule has 5 rings (SSSR count). The Balaban J connectivity index is 1.18. The fraction of sp³-hybridized carbons (Fsp3) is 0.333. The summed E-state index contributed by atoms with van der Waals surface area (Å²) < 4.78 is 35.3. The minimum absolute atomic E-state index is 0.0973. The summed E-state index contributed by atoms with van der Waals surface area (Å²) in [4.78, 5) is 22.7. The largest absolute Gasteiger partial charge is 0.514 e. The fourth-order valence-electron chi connectivity index (χ4n) is 4.75. The zero-order chi connectivity index (χ0) is 25.3. The first-order valence-corrected chi connectivity index (χ1v) is 13.2. The highest BCUT2D eigenvalue weighted by atomic mass is 32.2. The van der Waals surface area contributed by atoms with E-state index in [1.807, 2.05) is 12.1 Å². The van der Waals surface area contributed by atoms with Crippen molar-refractivity contribution in [3.8, 4) is 5.75 Å². The standard InChI is InChI=1S/C24H24N4O7S/c29-24(34-17-10-7-16(8-11-17)28(30)31)35-18-9-6-15(13-18)21-14-23(27-26-21)25-20-4-1-5-22-19(20)3-2-12-36(22,32)33/h1,4-5,7-8,10-11,14-15,18H,2-3,6,9,12-13H2,(H2,25,26,27)/t15-,18+/m0/s1. The number of fused-ring (bicyclic) bond motifs is 1. The monoisotopic (exact) mass is 512 g/mol. The van der Waals surface area contributed by atoms with Gasteiger partial charge in [-0.2, -0.15) is 5.10 Å². The Labute approximate surface area is 206 Å². The van der Waals surface area contributed by atoms with Gasteiger partial charge in [0.25, 0.3) is 5.69 Å². The molecule has 0 amide bonds. The number of nitrogens with zero attached hydrogens (tertiary/aromatic N) is 2. The van der Waals surface area contributed by atoms with E-state index >= 15 is 0 Å². The number of benzene rings is 2. The van der Waals surface area contributed by atoms with Crippen LogP contribution in [0.1, 0.15) is 42.9 Å². The molecular formula is C24H24N4O7S. The van der Waals surface area contributed by atoms with Gasteiger partial charge in [0.15, 0.2) is 15.7 Å². The zero-order valence-electron chi connectivity index (χ0n) is 19.2. The van der Waals surface area contributed by atoms with Gasteiger partial charge in [-0.25, -0.2) is 13.2 Å². The van der Waals surface area contributed by atoms with Gasteiger partial charge >= 0.3 is 6.16 Å². The van der Waals surface area contributed by atoms with Crippen LogP contribution in [0.25, 0.3) is 0 Å². The first-order chi connectivity index (χ1) is 17.3. The van der Waals surface area contributed by atoms with Gasteiger partial charge < -0.3 is 14.8 Å². The van der Waals surface area contributed by atoms with E-state index in [1.54, 1.807) is 12.1 Å². The van der Waals surface area contributed by atoms with Crippen LogP contribution in [-0.4, -0.2) is 41.6 Å². The number of sulfone groups is 1. The molecule has 0 saturated heterocycles. The molecule has 11 nitrogen and oxygen atoms in total. The number of aromatic amines is 1. The van der Waals surface area contributed by atoms with E-state index in [-0.39, 0.29) is 29.2 Å². The van der Waals surface area contributed by atoms with Crippen LogP contribution in [0.4, 0.5) is 22.0 Å². The van der Waals surface area contributed by atoms with Crippen LogP contribution in [-0.2, 0) is 21.0 Å². The highest BCUT2D eigenvalue weighted by molar-refractivity contribution is 7.91. The SMILES string of the molecule is O=C(Oc1ccc([N+](=O)[O-])cc1)O[C@@H]1CC[C@H](c2cc(Nc3cccc4c3CCCS4(=O)=O)n[nH]2)C1. The molecular weight excluding hydrogens is 488 g/mol. The molecule has 2 aromatic carbocycles. The van der Waals surface area contributed by atoms with Crippen molar-refractivity contribution in [3.05, 3.63) is 69.9 Å². The topological polar surface area (TPSA) is 154 Å². The Morgan fingerprint density at radius 1 is 1.17 bits per heavy atom. The van der Waals surface area contributed by atoms with Gasteiger partial charge in [-0.3, -0.25) is 15.2 Å². The molecule has 12 heteroatoms. The van der Waals surface area contributed by atoms with Crippen molar-refractivity contribution < 1.29 is 27.6 Å². The minimum Gasteiger partial charge on any atom is -0.431 e. The molecule has 2 heterocycles. The third-order valence-corrected chi connectivity index (χ3v) is 8.38. The van der Waals surface area contributed by atoms with Crippen LogP contribution < -0.4 is 10.1 Å². The quantitative estimate of drug-likeness (QED) is 0.208. The number of H-pyrrole nitrogens is 1. The van der Waals surface area contributed by atoms with Crippen molar-refractivity contribution in [1.29, 1.82) is 0 Å². The number of hydrogen-bond acceptors (Lipinski definition) is 9.